The molecule has 0 radical (unpaired) electrons. The summed E-state index contributed by atoms with van der Waals surface area (Å²) in [6, 6.07) is 10.8. The number of anilines is 1. The molecule has 26 heavy (non-hydrogen) atoms. The number of benzene rings is 2. The molecule has 134 valence electrons. The molecule has 0 bridgehead atoms. The van der Waals surface area contributed by atoms with Gasteiger partial charge in [-0.05, 0) is 13.0 Å². The van der Waals surface area contributed by atoms with Crippen molar-refractivity contribution in [3.05, 3.63) is 53.1 Å². The van der Waals surface area contributed by atoms with E-state index in [0.29, 0.717) is 28.5 Å². The summed E-state index contributed by atoms with van der Waals surface area (Å²) in [5.74, 6) is 0.982. The molecule has 0 saturated carbocycles. The van der Waals surface area contributed by atoms with Crippen molar-refractivity contribution in [3.63, 3.8) is 0 Å². The van der Waals surface area contributed by atoms with E-state index in [1.165, 1.54) is 6.92 Å². The predicted molar refractivity (Wildman–Crippen MR) is 99.9 cm³/mol. The molecular weight excluding hydrogens is 332 g/mol. The van der Waals surface area contributed by atoms with Crippen LogP contribution < -0.4 is 14.4 Å². The number of Topliss-reactive ketones (excluding diaryl/α,β-unsaturated/α-hetero) is 1. The lowest BCUT2D eigenvalue weighted by atomic mass is 9.98. The zero-order valence-electron chi connectivity index (χ0n) is 15.2. The van der Waals surface area contributed by atoms with Crippen molar-refractivity contribution < 1.29 is 19.1 Å². The zero-order valence-corrected chi connectivity index (χ0v) is 15.2. The number of ketones is 1. The number of carbonyl (C=O) groups excluding carboxylic acids is 2. The van der Waals surface area contributed by atoms with E-state index < -0.39 is 0 Å². The Morgan fingerprint density at radius 3 is 2.27 bits per heavy atom. The van der Waals surface area contributed by atoms with E-state index >= 15 is 0 Å². The number of hydrogen-bond donors (Lipinski definition) is 0. The molecule has 1 aliphatic rings. The second-order valence-electron chi connectivity index (χ2n) is 5.98. The maximum Gasteiger partial charge on any atom is 0.248 e. The molecule has 0 aliphatic carbocycles. The monoisotopic (exact) mass is 352 g/mol. The number of hydrogen-bond acceptors (Lipinski definition) is 5. The van der Waals surface area contributed by atoms with Crippen LogP contribution in [0.3, 0.4) is 0 Å². The van der Waals surface area contributed by atoms with Crippen LogP contribution >= 0.6 is 0 Å². The molecule has 0 aromatic heterocycles. The van der Waals surface area contributed by atoms with Crippen molar-refractivity contribution in [2.75, 3.05) is 32.7 Å². The van der Waals surface area contributed by atoms with E-state index in [-0.39, 0.29) is 18.2 Å². The van der Waals surface area contributed by atoms with Gasteiger partial charge in [-0.15, -0.1) is 0 Å². The average molecular weight is 352 g/mol. The Morgan fingerprint density at radius 2 is 1.69 bits per heavy atom. The van der Waals surface area contributed by atoms with E-state index in [9.17, 15) is 9.59 Å². The lowest BCUT2D eigenvalue weighted by Gasteiger charge is -2.20. The fraction of sp³-hybridized carbons (Fsp3) is 0.250. The van der Waals surface area contributed by atoms with Gasteiger partial charge in [-0.1, -0.05) is 24.3 Å². The van der Waals surface area contributed by atoms with E-state index in [1.807, 2.05) is 18.2 Å². The van der Waals surface area contributed by atoms with Crippen molar-refractivity contribution >= 4 is 23.1 Å². The largest absolute Gasteiger partial charge is 0.493 e. The molecule has 0 saturated heterocycles. The maximum absolute atomic E-state index is 12.4. The Kier molecular flexibility index (Phi) is 4.75. The number of aliphatic imine (C=N–C) groups is 1. The zero-order chi connectivity index (χ0) is 18.8. The smallest absolute Gasteiger partial charge is 0.248 e. The van der Waals surface area contributed by atoms with E-state index in [0.717, 1.165) is 11.1 Å². The van der Waals surface area contributed by atoms with Crippen LogP contribution in [-0.2, 0) is 4.79 Å². The number of methoxy groups -OCH3 is 2. The van der Waals surface area contributed by atoms with Crippen LogP contribution in [0.2, 0.25) is 0 Å². The summed E-state index contributed by atoms with van der Waals surface area (Å²) in [5, 5.41) is 0. The number of likely N-dealkylation sites (N-methyl/N-ethyl adjacent to an activating group) is 1. The number of benzodiazepines with no additional fused rings is 1. The Morgan fingerprint density at radius 1 is 1.08 bits per heavy atom. The SMILES string of the molecule is COc1cc2c(cc1OC)N(C)C(=O)CN=C2c1ccc(C(C)=O)cc1. The van der Waals surface area contributed by atoms with Gasteiger partial charge in [0.25, 0.3) is 0 Å². The van der Waals surface area contributed by atoms with Gasteiger partial charge in [-0.3, -0.25) is 14.6 Å². The highest BCUT2D eigenvalue weighted by Gasteiger charge is 2.25. The topological polar surface area (TPSA) is 68.2 Å². The van der Waals surface area contributed by atoms with E-state index in [4.69, 9.17) is 9.47 Å². The van der Waals surface area contributed by atoms with Crippen molar-refractivity contribution in [2.45, 2.75) is 6.92 Å². The molecule has 0 unspecified atom stereocenters. The molecule has 2 aromatic rings. The minimum absolute atomic E-state index is 0.000993. The van der Waals surface area contributed by atoms with Crippen molar-refractivity contribution in [3.8, 4) is 11.5 Å². The van der Waals surface area contributed by atoms with Gasteiger partial charge in [-0.2, -0.15) is 0 Å². The first-order valence-electron chi connectivity index (χ1n) is 8.15. The molecule has 0 N–H and O–H groups in total. The van der Waals surface area contributed by atoms with Crippen LogP contribution in [0.15, 0.2) is 41.4 Å². The molecule has 2 aromatic carbocycles. The summed E-state index contributed by atoms with van der Waals surface area (Å²) in [7, 11) is 4.83. The number of amides is 1. The third-order valence-corrected chi connectivity index (χ3v) is 4.43. The van der Waals surface area contributed by atoms with Gasteiger partial charge in [0.05, 0.1) is 25.6 Å². The molecule has 1 heterocycles. The molecule has 0 atom stereocenters. The van der Waals surface area contributed by atoms with Gasteiger partial charge < -0.3 is 14.4 Å². The Balaban J connectivity index is 2.19. The van der Waals surface area contributed by atoms with E-state index in [1.54, 1.807) is 44.4 Å². The van der Waals surface area contributed by atoms with Gasteiger partial charge in [-0.25, -0.2) is 0 Å². The summed E-state index contributed by atoms with van der Waals surface area (Å²) in [4.78, 5) is 30.0. The first kappa shape index (κ1) is 17.7. The highest BCUT2D eigenvalue weighted by Crippen LogP contribution is 2.37. The lowest BCUT2D eigenvalue weighted by molar-refractivity contribution is -0.116. The van der Waals surface area contributed by atoms with Gasteiger partial charge in [0.1, 0.15) is 6.54 Å². The molecule has 6 nitrogen and oxygen atoms in total. The molecular formula is C20H20N2O4. The minimum atomic E-state index is -0.117. The van der Waals surface area contributed by atoms with Crippen LogP contribution in [0.1, 0.15) is 28.4 Å². The second kappa shape index (κ2) is 7.00. The van der Waals surface area contributed by atoms with Crippen LogP contribution in [0.25, 0.3) is 0 Å². The fourth-order valence-electron chi connectivity index (χ4n) is 2.92. The lowest BCUT2D eigenvalue weighted by Crippen LogP contribution is -2.27. The highest BCUT2D eigenvalue weighted by molar-refractivity contribution is 6.20. The van der Waals surface area contributed by atoms with Gasteiger partial charge in [0.2, 0.25) is 5.91 Å². The molecule has 3 rings (SSSR count). The Labute approximate surface area is 152 Å². The highest BCUT2D eigenvalue weighted by atomic mass is 16.5. The minimum Gasteiger partial charge on any atom is -0.493 e. The third kappa shape index (κ3) is 3.06. The summed E-state index contributed by atoms with van der Waals surface area (Å²) >= 11 is 0. The third-order valence-electron chi connectivity index (χ3n) is 4.43. The first-order chi connectivity index (χ1) is 12.5. The van der Waals surface area contributed by atoms with Crippen molar-refractivity contribution in [1.82, 2.24) is 0 Å². The van der Waals surface area contributed by atoms with Crippen molar-refractivity contribution in [2.24, 2.45) is 4.99 Å². The standard InChI is InChI=1S/C20H20N2O4/c1-12(23)13-5-7-14(8-6-13)20-15-9-17(25-3)18(26-4)10-16(15)22(2)19(24)11-21-20/h5-10H,11H2,1-4H3. The summed E-state index contributed by atoms with van der Waals surface area (Å²) in [6.45, 7) is 1.57. The van der Waals surface area contributed by atoms with Crippen molar-refractivity contribution in [1.29, 1.82) is 0 Å². The predicted octanol–water partition coefficient (Wildman–Crippen LogP) is 2.72. The number of fused-ring (bicyclic) bond motifs is 1. The Bertz CT molecular complexity index is 901. The average Bonchev–Trinajstić information content (AvgIpc) is 2.78. The van der Waals surface area contributed by atoms with E-state index in [2.05, 4.69) is 4.99 Å². The molecule has 1 aliphatic heterocycles. The molecule has 1 amide bonds. The van der Waals surface area contributed by atoms with Crippen LogP contribution in [0.5, 0.6) is 11.5 Å². The number of nitrogens with zero attached hydrogens (tertiary/aromatic N) is 2. The number of rotatable bonds is 4. The first-order valence-corrected chi connectivity index (χ1v) is 8.15. The maximum atomic E-state index is 12.4. The quantitative estimate of drug-likeness (QED) is 0.794. The molecule has 6 heteroatoms. The Hall–Kier alpha value is -3.15. The summed E-state index contributed by atoms with van der Waals surface area (Å²) in [6.07, 6.45) is 0. The van der Waals surface area contributed by atoms with Crippen LogP contribution in [0.4, 0.5) is 5.69 Å². The van der Waals surface area contributed by atoms with Gasteiger partial charge in [0, 0.05) is 29.8 Å². The fourth-order valence-corrected chi connectivity index (χ4v) is 2.92. The number of carbonyl (C=O) groups is 2. The normalized spacial score (nSPS) is 13.6. The van der Waals surface area contributed by atoms with Gasteiger partial charge in [0.15, 0.2) is 17.3 Å². The van der Waals surface area contributed by atoms with Crippen LogP contribution in [-0.4, -0.2) is 45.2 Å². The molecule has 0 spiro atoms. The van der Waals surface area contributed by atoms with Crippen LogP contribution in [0, 0.1) is 0 Å². The van der Waals surface area contributed by atoms with Gasteiger partial charge >= 0.3 is 0 Å². The summed E-state index contributed by atoms with van der Waals surface area (Å²) < 4.78 is 10.8. The second-order valence-corrected chi connectivity index (χ2v) is 5.98. The summed E-state index contributed by atoms with van der Waals surface area (Å²) in [5.41, 5.74) is 3.59. The number of ether oxygens (including phenoxy) is 2. The molecule has 0 fully saturated rings.